The number of aromatic nitrogens is 2. The van der Waals surface area contributed by atoms with Crippen molar-refractivity contribution in [3.63, 3.8) is 0 Å². The van der Waals surface area contributed by atoms with Crippen molar-refractivity contribution in [3.05, 3.63) is 24.3 Å². The topological polar surface area (TPSA) is 68.9 Å². The predicted molar refractivity (Wildman–Crippen MR) is 51.7 cm³/mol. The standard InChI is InChI=1S/C10H13N3O/c11-8-2-1-7(5-8)10(14)9-6-12-3-4-13-9/h3-4,6-8H,1-2,5,11H2. The summed E-state index contributed by atoms with van der Waals surface area (Å²) in [6.07, 6.45) is 7.24. The van der Waals surface area contributed by atoms with Gasteiger partial charge in [0.15, 0.2) is 5.78 Å². The number of nitrogens with two attached hydrogens (primary N) is 1. The van der Waals surface area contributed by atoms with Gasteiger partial charge in [-0.25, -0.2) is 4.98 Å². The van der Waals surface area contributed by atoms with Gasteiger partial charge in [-0.3, -0.25) is 9.78 Å². The lowest BCUT2D eigenvalue weighted by Gasteiger charge is -2.06. The maximum atomic E-state index is 11.8. The largest absolute Gasteiger partial charge is 0.328 e. The third-order valence-electron chi connectivity index (χ3n) is 2.66. The third kappa shape index (κ3) is 1.80. The minimum Gasteiger partial charge on any atom is -0.328 e. The molecule has 2 N–H and O–H groups in total. The van der Waals surface area contributed by atoms with E-state index in [1.54, 1.807) is 12.4 Å². The highest BCUT2D eigenvalue weighted by Gasteiger charge is 2.29. The van der Waals surface area contributed by atoms with Crippen LogP contribution in [0.5, 0.6) is 0 Å². The van der Waals surface area contributed by atoms with Gasteiger partial charge in [-0.1, -0.05) is 0 Å². The van der Waals surface area contributed by atoms with Crippen molar-refractivity contribution in [2.45, 2.75) is 25.3 Å². The van der Waals surface area contributed by atoms with Crippen molar-refractivity contribution in [1.82, 2.24) is 9.97 Å². The van der Waals surface area contributed by atoms with E-state index in [1.807, 2.05) is 0 Å². The second-order valence-electron chi connectivity index (χ2n) is 3.72. The zero-order chi connectivity index (χ0) is 9.97. The molecule has 0 amide bonds. The molecular formula is C10H13N3O. The molecule has 14 heavy (non-hydrogen) atoms. The van der Waals surface area contributed by atoms with Gasteiger partial charge in [-0.2, -0.15) is 0 Å². The minimum atomic E-state index is 0.0571. The zero-order valence-corrected chi connectivity index (χ0v) is 7.89. The first kappa shape index (κ1) is 9.27. The molecule has 4 heteroatoms. The summed E-state index contributed by atoms with van der Waals surface area (Å²) in [6.45, 7) is 0. The first-order valence-corrected chi connectivity index (χ1v) is 4.83. The summed E-state index contributed by atoms with van der Waals surface area (Å²) < 4.78 is 0. The van der Waals surface area contributed by atoms with E-state index in [1.165, 1.54) is 6.20 Å². The smallest absolute Gasteiger partial charge is 0.185 e. The molecular weight excluding hydrogens is 178 g/mol. The maximum Gasteiger partial charge on any atom is 0.185 e. The van der Waals surface area contributed by atoms with Crippen LogP contribution in [0.4, 0.5) is 0 Å². The van der Waals surface area contributed by atoms with Gasteiger partial charge in [0.2, 0.25) is 0 Å². The lowest BCUT2D eigenvalue weighted by molar-refractivity contribution is 0.0916. The van der Waals surface area contributed by atoms with Gasteiger partial charge in [0, 0.05) is 24.4 Å². The highest BCUT2D eigenvalue weighted by molar-refractivity contribution is 5.95. The van der Waals surface area contributed by atoms with Gasteiger partial charge in [-0.15, -0.1) is 0 Å². The lowest BCUT2D eigenvalue weighted by Crippen LogP contribution is -2.18. The SMILES string of the molecule is NC1CCC(C(=O)c2cnccn2)C1. The van der Waals surface area contributed by atoms with Gasteiger partial charge in [0.25, 0.3) is 0 Å². The van der Waals surface area contributed by atoms with Crippen LogP contribution in [0.15, 0.2) is 18.6 Å². The normalized spacial score (nSPS) is 26.4. The van der Waals surface area contributed by atoms with Crippen molar-refractivity contribution in [1.29, 1.82) is 0 Å². The van der Waals surface area contributed by atoms with Crippen molar-refractivity contribution >= 4 is 5.78 Å². The van der Waals surface area contributed by atoms with Crippen molar-refractivity contribution in [2.24, 2.45) is 11.7 Å². The number of Topliss-reactive ketones (excluding diaryl/α,β-unsaturated/α-hetero) is 1. The second kappa shape index (κ2) is 3.84. The van der Waals surface area contributed by atoms with E-state index in [0.717, 1.165) is 19.3 Å². The molecule has 1 aromatic heterocycles. The van der Waals surface area contributed by atoms with Crippen molar-refractivity contribution < 1.29 is 4.79 Å². The molecule has 1 aliphatic rings. The summed E-state index contributed by atoms with van der Waals surface area (Å²) in [5, 5.41) is 0. The van der Waals surface area contributed by atoms with E-state index in [-0.39, 0.29) is 17.7 Å². The first-order chi connectivity index (χ1) is 6.77. The molecule has 2 atom stereocenters. The number of hydrogen-bond donors (Lipinski definition) is 1. The van der Waals surface area contributed by atoms with Crippen LogP contribution in [0.2, 0.25) is 0 Å². The number of carbonyl (C=O) groups excluding carboxylic acids is 1. The van der Waals surface area contributed by atoms with Crippen LogP contribution in [-0.4, -0.2) is 21.8 Å². The molecule has 1 fully saturated rings. The molecule has 0 bridgehead atoms. The van der Waals surface area contributed by atoms with Gasteiger partial charge < -0.3 is 5.73 Å². The summed E-state index contributed by atoms with van der Waals surface area (Å²) in [4.78, 5) is 19.7. The number of hydrogen-bond acceptors (Lipinski definition) is 4. The van der Waals surface area contributed by atoms with E-state index in [4.69, 9.17) is 5.73 Å². The summed E-state index contributed by atoms with van der Waals surface area (Å²) in [5.74, 6) is 0.146. The summed E-state index contributed by atoms with van der Waals surface area (Å²) in [6, 6.07) is 0.181. The summed E-state index contributed by atoms with van der Waals surface area (Å²) in [7, 11) is 0. The third-order valence-corrected chi connectivity index (χ3v) is 2.66. The Morgan fingerprint density at radius 3 is 2.86 bits per heavy atom. The Hall–Kier alpha value is -1.29. The fourth-order valence-corrected chi connectivity index (χ4v) is 1.89. The lowest BCUT2D eigenvalue weighted by atomic mass is 10.0. The molecule has 1 aliphatic carbocycles. The van der Waals surface area contributed by atoms with E-state index < -0.39 is 0 Å². The van der Waals surface area contributed by atoms with Crippen LogP contribution in [0, 0.1) is 5.92 Å². The Morgan fingerprint density at radius 1 is 1.43 bits per heavy atom. The fourth-order valence-electron chi connectivity index (χ4n) is 1.89. The van der Waals surface area contributed by atoms with Gasteiger partial charge in [0.1, 0.15) is 5.69 Å². The van der Waals surface area contributed by atoms with Crippen LogP contribution >= 0.6 is 0 Å². The van der Waals surface area contributed by atoms with Crippen molar-refractivity contribution in [2.75, 3.05) is 0 Å². The van der Waals surface area contributed by atoms with Gasteiger partial charge in [0.05, 0.1) is 6.20 Å². The van der Waals surface area contributed by atoms with Gasteiger partial charge >= 0.3 is 0 Å². The molecule has 74 valence electrons. The fraction of sp³-hybridized carbons (Fsp3) is 0.500. The monoisotopic (exact) mass is 191 g/mol. The second-order valence-corrected chi connectivity index (χ2v) is 3.72. The number of rotatable bonds is 2. The molecule has 0 spiro atoms. The molecule has 0 aliphatic heterocycles. The Labute approximate surface area is 82.6 Å². The first-order valence-electron chi connectivity index (χ1n) is 4.83. The van der Waals surface area contributed by atoms with Crippen molar-refractivity contribution in [3.8, 4) is 0 Å². The highest BCUT2D eigenvalue weighted by atomic mass is 16.1. The molecule has 1 aromatic rings. The number of ketones is 1. The Balaban J connectivity index is 2.10. The van der Waals surface area contributed by atoms with Crippen LogP contribution in [-0.2, 0) is 0 Å². The molecule has 1 saturated carbocycles. The average molecular weight is 191 g/mol. The summed E-state index contributed by atoms with van der Waals surface area (Å²) in [5.41, 5.74) is 6.22. The molecule has 0 saturated heterocycles. The maximum absolute atomic E-state index is 11.8. The molecule has 1 heterocycles. The van der Waals surface area contributed by atoms with Gasteiger partial charge in [-0.05, 0) is 19.3 Å². The molecule has 4 nitrogen and oxygen atoms in total. The average Bonchev–Trinajstić information content (AvgIpc) is 2.65. The molecule has 0 radical (unpaired) electrons. The van der Waals surface area contributed by atoms with Crippen LogP contribution in [0.1, 0.15) is 29.8 Å². The minimum absolute atomic E-state index is 0.0571. The Morgan fingerprint density at radius 2 is 2.29 bits per heavy atom. The predicted octanol–water partition coefficient (Wildman–Crippen LogP) is 0.787. The highest BCUT2D eigenvalue weighted by Crippen LogP contribution is 2.26. The Bertz CT molecular complexity index is 325. The van der Waals surface area contributed by atoms with Crippen LogP contribution < -0.4 is 5.73 Å². The molecule has 2 unspecified atom stereocenters. The van der Waals surface area contributed by atoms with E-state index in [0.29, 0.717) is 5.69 Å². The number of nitrogens with zero attached hydrogens (tertiary/aromatic N) is 2. The van der Waals surface area contributed by atoms with E-state index >= 15 is 0 Å². The van der Waals surface area contributed by atoms with E-state index in [9.17, 15) is 4.79 Å². The zero-order valence-electron chi connectivity index (χ0n) is 7.89. The van der Waals surface area contributed by atoms with E-state index in [2.05, 4.69) is 9.97 Å². The molecule has 2 rings (SSSR count). The molecule has 0 aromatic carbocycles. The number of carbonyl (C=O) groups is 1. The Kier molecular flexibility index (Phi) is 2.54. The quantitative estimate of drug-likeness (QED) is 0.701. The van der Waals surface area contributed by atoms with Crippen LogP contribution in [0.3, 0.4) is 0 Å². The van der Waals surface area contributed by atoms with Crippen LogP contribution in [0.25, 0.3) is 0 Å². The summed E-state index contributed by atoms with van der Waals surface area (Å²) >= 11 is 0.